The number of amides is 1. The van der Waals surface area contributed by atoms with Crippen LogP contribution in [0.4, 0.5) is 5.69 Å². The van der Waals surface area contributed by atoms with Crippen molar-refractivity contribution in [3.05, 3.63) is 123 Å². The molecule has 5 rings (SSSR count). The first-order valence-electron chi connectivity index (χ1n) is 12.3. The molecule has 3 aromatic rings. The monoisotopic (exact) mass is 560 g/mol. The van der Waals surface area contributed by atoms with E-state index in [-0.39, 0.29) is 16.8 Å². The Morgan fingerprint density at radius 2 is 1.48 bits per heavy atom. The lowest BCUT2D eigenvalue weighted by molar-refractivity contribution is -0.384. The van der Waals surface area contributed by atoms with Crippen LogP contribution in [0, 0.1) is 10.1 Å². The molecule has 0 bridgehead atoms. The summed E-state index contributed by atoms with van der Waals surface area (Å²) in [6.07, 6.45) is 0.0745. The molecule has 2 aliphatic heterocycles. The summed E-state index contributed by atoms with van der Waals surface area (Å²) in [6.45, 7) is 2.71. The molecule has 11 heteroatoms. The van der Waals surface area contributed by atoms with E-state index in [1.54, 1.807) is 48.5 Å². The highest BCUT2D eigenvalue weighted by Gasteiger charge is 2.70. The maximum absolute atomic E-state index is 13.7. The fourth-order valence-electron chi connectivity index (χ4n) is 5.06. The number of allylic oxidation sites excluding steroid dienone is 1. The number of non-ortho nitro benzene ring substituents is 1. The average Bonchev–Trinajstić information content (AvgIpc) is 3.09. The van der Waals surface area contributed by atoms with Crippen LogP contribution < -0.4 is 0 Å². The van der Waals surface area contributed by atoms with Crippen molar-refractivity contribution in [1.82, 2.24) is 4.90 Å². The van der Waals surface area contributed by atoms with Crippen molar-refractivity contribution >= 4 is 33.2 Å². The van der Waals surface area contributed by atoms with E-state index in [0.717, 1.165) is 23.1 Å². The van der Waals surface area contributed by atoms with Crippen molar-refractivity contribution in [3.8, 4) is 0 Å². The predicted octanol–water partition coefficient (Wildman–Crippen LogP) is 3.78. The van der Waals surface area contributed by atoms with Crippen LogP contribution in [0.2, 0.25) is 0 Å². The number of ether oxygens (including phenoxy) is 1. The van der Waals surface area contributed by atoms with Gasteiger partial charge in [0.25, 0.3) is 11.6 Å². The van der Waals surface area contributed by atoms with Crippen LogP contribution in [0.5, 0.6) is 0 Å². The van der Waals surface area contributed by atoms with Crippen LogP contribution in [-0.4, -0.2) is 52.1 Å². The number of nitro groups is 1. The van der Waals surface area contributed by atoms with Gasteiger partial charge in [0.1, 0.15) is 4.75 Å². The largest absolute Gasteiger partial charge is 0.451 e. The van der Waals surface area contributed by atoms with E-state index in [9.17, 15) is 32.9 Å². The Balaban J connectivity index is 1.46. The molecule has 3 aromatic carbocycles. The first-order chi connectivity index (χ1) is 18.9. The third kappa shape index (κ3) is 4.28. The van der Waals surface area contributed by atoms with Gasteiger partial charge in [0.05, 0.1) is 10.5 Å². The van der Waals surface area contributed by atoms with E-state index in [1.165, 1.54) is 26.0 Å². The number of β-lactam (4-membered cyclic amide) rings is 1. The van der Waals surface area contributed by atoms with Crippen molar-refractivity contribution in [1.29, 1.82) is 0 Å². The Morgan fingerprint density at radius 1 is 0.950 bits per heavy atom. The molecule has 0 saturated carbocycles. The van der Waals surface area contributed by atoms with E-state index >= 15 is 0 Å². The summed E-state index contributed by atoms with van der Waals surface area (Å²) in [7, 11) is -4.16. The molecule has 1 amide bonds. The van der Waals surface area contributed by atoms with Crippen molar-refractivity contribution < 1.29 is 32.5 Å². The summed E-state index contributed by atoms with van der Waals surface area (Å²) < 4.78 is 31.4. The SMILES string of the molecule is CC1(C)[C@H](C(=O)OC(c2ccccc2)c2ccccc2)N2C(=O)/C(=C/C(=O)c3ccc([N+](=O)[O-])cc3)[C@H]2S1(=O)=O. The molecule has 10 nitrogen and oxygen atoms in total. The second kappa shape index (κ2) is 9.83. The quantitative estimate of drug-likeness (QED) is 0.106. The van der Waals surface area contributed by atoms with E-state index in [4.69, 9.17) is 4.74 Å². The number of nitrogens with zero attached hydrogens (tertiary/aromatic N) is 2. The lowest BCUT2D eigenvalue weighted by atomic mass is 9.94. The molecule has 0 N–H and O–H groups in total. The summed E-state index contributed by atoms with van der Waals surface area (Å²) in [4.78, 5) is 50.9. The van der Waals surface area contributed by atoms with Crippen LogP contribution in [0.25, 0.3) is 0 Å². The fraction of sp³-hybridized carbons (Fsp3) is 0.207. The number of carbonyl (C=O) groups is 3. The number of fused-ring (bicyclic) bond motifs is 1. The number of hydrogen-bond donors (Lipinski definition) is 0. The summed E-state index contributed by atoms with van der Waals surface area (Å²) >= 11 is 0. The topological polar surface area (TPSA) is 141 Å². The minimum Gasteiger partial charge on any atom is -0.451 e. The minimum absolute atomic E-state index is 0.0449. The van der Waals surface area contributed by atoms with Gasteiger partial charge in [0.2, 0.25) is 0 Å². The number of benzene rings is 3. The maximum atomic E-state index is 13.7. The Kier molecular flexibility index (Phi) is 6.62. The lowest BCUT2D eigenvalue weighted by Crippen LogP contribution is -2.59. The van der Waals surface area contributed by atoms with E-state index < -0.39 is 54.7 Å². The molecule has 2 saturated heterocycles. The smallest absolute Gasteiger partial charge is 0.331 e. The zero-order valence-electron chi connectivity index (χ0n) is 21.5. The highest BCUT2D eigenvalue weighted by atomic mass is 32.2. The summed E-state index contributed by atoms with van der Waals surface area (Å²) in [5.74, 6) is -2.35. The van der Waals surface area contributed by atoms with Gasteiger partial charge in [-0.15, -0.1) is 0 Å². The Hall–Kier alpha value is -4.64. The molecule has 0 unspecified atom stereocenters. The lowest BCUT2D eigenvalue weighted by Gasteiger charge is -2.38. The number of carbonyl (C=O) groups excluding carboxylic acids is 3. The van der Waals surface area contributed by atoms with Gasteiger partial charge in [0.15, 0.2) is 33.1 Å². The molecule has 2 fully saturated rings. The van der Waals surface area contributed by atoms with Gasteiger partial charge in [-0.2, -0.15) is 0 Å². The van der Waals surface area contributed by atoms with Gasteiger partial charge in [-0.05, 0) is 43.2 Å². The number of esters is 1. The second-order valence-corrected chi connectivity index (χ2v) is 12.6. The minimum atomic E-state index is -4.16. The van der Waals surface area contributed by atoms with Crippen molar-refractivity contribution in [3.63, 3.8) is 0 Å². The third-order valence-electron chi connectivity index (χ3n) is 7.28. The highest BCUT2D eigenvalue weighted by molar-refractivity contribution is 7.94. The van der Waals surface area contributed by atoms with Gasteiger partial charge in [0, 0.05) is 17.7 Å². The van der Waals surface area contributed by atoms with Crippen LogP contribution in [0.15, 0.2) is 96.6 Å². The first-order valence-corrected chi connectivity index (χ1v) is 13.9. The summed E-state index contributed by atoms with van der Waals surface area (Å²) in [5.41, 5.74) is 0.891. The molecule has 0 aromatic heterocycles. The van der Waals surface area contributed by atoms with Crippen molar-refractivity contribution in [2.45, 2.75) is 36.1 Å². The number of hydrogen-bond acceptors (Lipinski definition) is 8. The average molecular weight is 561 g/mol. The van der Waals surface area contributed by atoms with E-state index in [0.29, 0.717) is 11.1 Å². The molecular formula is C29H24N2O8S. The number of ketones is 1. The van der Waals surface area contributed by atoms with Crippen molar-refractivity contribution in [2.75, 3.05) is 0 Å². The normalized spacial score (nSPS) is 21.5. The first kappa shape index (κ1) is 26.9. The maximum Gasteiger partial charge on any atom is 0.331 e. The zero-order valence-corrected chi connectivity index (χ0v) is 22.3. The summed E-state index contributed by atoms with van der Waals surface area (Å²) in [5, 5.41) is 9.38. The van der Waals surface area contributed by atoms with Crippen LogP contribution in [0.1, 0.15) is 41.4 Å². The van der Waals surface area contributed by atoms with Gasteiger partial charge in [-0.1, -0.05) is 60.7 Å². The Bertz CT molecular complexity index is 1610. The summed E-state index contributed by atoms with van der Waals surface area (Å²) in [6, 6.07) is 21.2. The van der Waals surface area contributed by atoms with Crippen LogP contribution >= 0.6 is 0 Å². The Morgan fingerprint density at radius 3 is 1.98 bits per heavy atom. The molecule has 0 radical (unpaired) electrons. The van der Waals surface area contributed by atoms with Gasteiger partial charge < -0.3 is 9.64 Å². The second-order valence-electron chi connectivity index (χ2n) is 10.0. The van der Waals surface area contributed by atoms with Gasteiger partial charge in [-0.3, -0.25) is 19.7 Å². The molecule has 2 aliphatic rings. The molecule has 0 aliphatic carbocycles. The van der Waals surface area contributed by atoms with Crippen LogP contribution in [0.3, 0.4) is 0 Å². The van der Waals surface area contributed by atoms with Crippen LogP contribution in [-0.2, 0) is 24.2 Å². The van der Waals surface area contributed by atoms with E-state index in [1.807, 2.05) is 12.1 Å². The number of sulfone groups is 1. The molecular weight excluding hydrogens is 536 g/mol. The predicted molar refractivity (Wildman–Crippen MR) is 144 cm³/mol. The molecule has 2 heterocycles. The molecule has 204 valence electrons. The molecule has 40 heavy (non-hydrogen) atoms. The fourth-order valence-corrected chi connectivity index (χ4v) is 7.18. The molecule has 0 spiro atoms. The zero-order chi connectivity index (χ0) is 28.8. The standard InChI is InChI=1S/C29H24N2O8S/c1-29(2)25(28(34)39-24(19-9-5-3-6-10-19)20-11-7-4-8-12-20)30-26(33)22(27(30)40(29,37)38)17-23(32)18-13-15-21(16-14-18)31(35)36/h3-17,24-25,27H,1-2H3/b22-17-/t25-,27+/m0/s1. The van der Waals surface area contributed by atoms with E-state index in [2.05, 4.69) is 0 Å². The highest BCUT2D eigenvalue weighted by Crippen LogP contribution is 2.49. The Labute approximate surface area is 229 Å². The molecule has 2 atom stereocenters. The van der Waals surface area contributed by atoms with Crippen molar-refractivity contribution in [2.24, 2.45) is 0 Å². The van der Waals surface area contributed by atoms with Gasteiger partial charge >= 0.3 is 5.97 Å². The number of rotatable bonds is 7. The van der Waals surface area contributed by atoms with Gasteiger partial charge in [-0.25, -0.2) is 13.2 Å². The number of nitro benzene ring substituents is 1. The third-order valence-corrected chi connectivity index (χ3v) is 10.0.